The molecule has 26 nitrogen and oxygen atoms in total. The number of aliphatic hydroxyl groups is 2. The molecular formula is C45H71N11O15. The molecule has 0 aromatic heterocycles. The van der Waals surface area contributed by atoms with E-state index in [-0.39, 0.29) is 43.9 Å². The van der Waals surface area contributed by atoms with Gasteiger partial charge in [0.2, 0.25) is 59.1 Å². The number of carboxylic acid groups (broad SMARTS) is 1. The maximum Gasteiger partial charge on any atom is 0.325 e. The first kappa shape index (κ1) is 60.2. The van der Waals surface area contributed by atoms with Crippen molar-refractivity contribution in [2.24, 2.45) is 23.3 Å². The Labute approximate surface area is 410 Å². The van der Waals surface area contributed by atoms with Crippen molar-refractivity contribution in [3.8, 4) is 5.75 Å². The molecule has 0 unspecified atom stereocenters. The van der Waals surface area contributed by atoms with Crippen molar-refractivity contribution < 1.29 is 73.2 Å². The van der Waals surface area contributed by atoms with Crippen LogP contribution in [0.15, 0.2) is 24.3 Å². The summed E-state index contributed by atoms with van der Waals surface area (Å²) in [4.78, 5) is 145. The van der Waals surface area contributed by atoms with Crippen molar-refractivity contribution in [1.29, 1.82) is 0 Å². The number of rotatable bonds is 27. The van der Waals surface area contributed by atoms with Crippen LogP contribution in [0.1, 0.15) is 86.6 Å². The van der Waals surface area contributed by atoms with Crippen LogP contribution in [0.5, 0.6) is 5.75 Å². The number of nitrogens with zero attached hydrogens (tertiary/aromatic N) is 1. The highest BCUT2D eigenvalue weighted by atomic mass is 16.4. The van der Waals surface area contributed by atoms with Crippen LogP contribution in [0.2, 0.25) is 0 Å². The molecule has 0 saturated carbocycles. The minimum Gasteiger partial charge on any atom is -0.508 e. The van der Waals surface area contributed by atoms with E-state index >= 15 is 0 Å². The number of primary amides is 1. The molecule has 26 heteroatoms. The third kappa shape index (κ3) is 19.1. The Kier molecular flexibility index (Phi) is 23.8. The topological polar surface area (TPSA) is 420 Å². The third-order valence-corrected chi connectivity index (χ3v) is 11.3. The Morgan fingerprint density at radius 2 is 1.15 bits per heavy atom. The fourth-order valence-electron chi connectivity index (χ4n) is 7.22. The number of phenols is 1. The van der Waals surface area contributed by atoms with Crippen molar-refractivity contribution in [1.82, 2.24) is 47.4 Å². The molecule has 16 N–H and O–H groups in total. The molecule has 1 aromatic carbocycles. The first-order valence-electron chi connectivity index (χ1n) is 23.1. The SMILES string of the molecule is CC(C)C[C@H](N)C(=O)N[C@@H](CO)C(=O)N[C@@H](Cc1ccc(O)cc1)C(=O)N[C@H](C(=O)N[C@@H](CC(N)=O)C(=O)N1CCC[C@H]1C(=O)N[C@@H](C)C(=O)N[C@H](C(=O)N[C@@H](C)C(=O)N[C@@H](C)C(=O)O)C(C)C)[C@@H](C)O. The zero-order valence-corrected chi connectivity index (χ0v) is 41.1. The van der Waals surface area contributed by atoms with Crippen LogP contribution in [0.3, 0.4) is 0 Å². The van der Waals surface area contributed by atoms with Gasteiger partial charge in [0.1, 0.15) is 60.1 Å². The fourth-order valence-corrected chi connectivity index (χ4v) is 7.22. The standard InChI is InChI=1S/C45H71N11O15/c1-20(2)16-28(46)38(63)53-31(19-57)40(65)51-29(17-26-11-13-27(59)14-12-26)39(64)55-35(25(8)58)43(68)52-30(18-33(47)60)44(69)56-15-9-10-32(56)41(66)48-23(6)37(62)54-34(21(3)4)42(67)49-22(5)36(61)50-24(7)45(70)71/h11-14,20-25,28-32,34-35,57-59H,9-10,15-19,46H2,1-8H3,(H2,47,60)(H,48,66)(H,49,67)(H,50,61)(H,51,65)(H,52,68)(H,53,63)(H,54,62)(H,55,64)(H,70,71)/t22-,23-,24-,25+,28-,29-,30-,31-,32-,34-,35-/m0/s1. The predicted molar refractivity (Wildman–Crippen MR) is 251 cm³/mol. The van der Waals surface area contributed by atoms with Gasteiger partial charge in [-0.05, 0) is 76.5 Å². The van der Waals surface area contributed by atoms with Crippen LogP contribution in [0.4, 0.5) is 0 Å². The van der Waals surface area contributed by atoms with Gasteiger partial charge < -0.3 is 79.3 Å². The summed E-state index contributed by atoms with van der Waals surface area (Å²) in [5.41, 5.74) is 11.8. The molecule has 1 saturated heterocycles. The molecular weight excluding hydrogens is 935 g/mol. The zero-order valence-electron chi connectivity index (χ0n) is 41.1. The van der Waals surface area contributed by atoms with Crippen LogP contribution in [0, 0.1) is 11.8 Å². The lowest BCUT2D eigenvalue weighted by atomic mass is 10.0. The predicted octanol–water partition coefficient (Wildman–Crippen LogP) is -4.77. The molecule has 11 atom stereocenters. The van der Waals surface area contributed by atoms with Crippen LogP contribution in [-0.2, 0) is 59.2 Å². The van der Waals surface area contributed by atoms with E-state index in [1.54, 1.807) is 13.8 Å². The number of carbonyl (C=O) groups is 11. The Bertz CT molecular complexity index is 2090. The minimum absolute atomic E-state index is 0.0214. The third-order valence-electron chi connectivity index (χ3n) is 11.3. The molecule has 1 aromatic rings. The van der Waals surface area contributed by atoms with Crippen molar-refractivity contribution in [3.05, 3.63) is 29.8 Å². The Hall–Kier alpha value is -6.93. The van der Waals surface area contributed by atoms with Crippen molar-refractivity contribution in [2.45, 2.75) is 154 Å². The second-order valence-electron chi connectivity index (χ2n) is 18.3. The number of benzene rings is 1. The van der Waals surface area contributed by atoms with Gasteiger partial charge in [-0.25, -0.2) is 0 Å². The zero-order chi connectivity index (χ0) is 54.0. The quantitative estimate of drug-likeness (QED) is 0.0393. The van der Waals surface area contributed by atoms with Gasteiger partial charge in [0.25, 0.3) is 0 Å². The van der Waals surface area contributed by atoms with E-state index in [9.17, 15) is 68.1 Å². The summed E-state index contributed by atoms with van der Waals surface area (Å²) in [5.74, 6) is -11.2. The lowest BCUT2D eigenvalue weighted by molar-refractivity contribution is -0.144. The highest BCUT2D eigenvalue weighted by molar-refractivity contribution is 5.99. The number of aliphatic carboxylic acids is 1. The van der Waals surface area contributed by atoms with E-state index < -0.39 is 151 Å². The van der Waals surface area contributed by atoms with Gasteiger partial charge in [0.05, 0.1) is 25.2 Å². The van der Waals surface area contributed by atoms with Crippen molar-refractivity contribution in [3.63, 3.8) is 0 Å². The second-order valence-corrected chi connectivity index (χ2v) is 18.3. The van der Waals surface area contributed by atoms with Gasteiger partial charge in [0.15, 0.2) is 0 Å². The first-order chi connectivity index (χ1) is 33.1. The number of amides is 10. The molecule has 0 spiro atoms. The number of nitrogens with one attached hydrogen (secondary N) is 8. The number of hydrogen-bond donors (Lipinski definition) is 14. The van der Waals surface area contributed by atoms with Crippen LogP contribution >= 0.6 is 0 Å². The van der Waals surface area contributed by atoms with E-state index in [2.05, 4.69) is 42.5 Å². The van der Waals surface area contributed by atoms with E-state index in [0.29, 0.717) is 5.56 Å². The first-order valence-corrected chi connectivity index (χ1v) is 23.1. The molecule has 71 heavy (non-hydrogen) atoms. The number of carboxylic acids is 1. The van der Waals surface area contributed by atoms with Gasteiger partial charge in [-0.15, -0.1) is 0 Å². The number of likely N-dealkylation sites (tertiary alicyclic amines) is 1. The lowest BCUT2D eigenvalue weighted by Gasteiger charge is -2.31. The van der Waals surface area contributed by atoms with Crippen LogP contribution < -0.4 is 54.0 Å². The monoisotopic (exact) mass is 1010 g/mol. The number of hydrogen-bond acceptors (Lipinski definition) is 15. The molecule has 1 fully saturated rings. The maximum atomic E-state index is 14.1. The Morgan fingerprint density at radius 3 is 1.69 bits per heavy atom. The fraction of sp³-hybridized carbons (Fsp3) is 0.622. The van der Waals surface area contributed by atoms with Crippen molar-refractivity contribution in [2.75, 3.05) is 13.2 Å². The normalized spacial score (nSPS) is 17.6. The molecule has 0 aliphatic carbocycles. The summed E-state index contributed by atoms with van der Waals surface area (Å²) in [7, 11) is 0. The summed E-state index contributed by atoms with van der Waals surface area (Å²) < 4.78 is 0. The van der Waals surface area contributed by atoms with Gasteiger partial charge in [-0.1, -0.05) is 39.8 Å². The van der Waals surface area contributed by atoms with E-state index in [0.717, 1.165) is 11.8 Å². The number of aromatic hydroxyl groups is 1. The van der Waals surface area contributed by atoms with Crippen LogP contribution in [-0.4, -0.2) is 170 Å². The van der Waals surface area contributed by atoms with Gasteiger partial charge in [-0.2, -0.15) is 0 Å². The second kappa shape index (κ2) is 28.1. The molecule has 0 radical (unpaired) electrons. The Balaban J connectivity index is 2.26. The molecule has 1 aliphatic rings. The Morgan fingerprint density at radius 1 is 0.648 bits per heavy atom. The maximum absolute atomic E-state index is 14.1. The highest BCUT2D eigenvalue weighted by Crippen LogP contribution is 2.20. The summed E-state index contributed by atoms with van der Waals surface area (Å²) in [5, 5.41) is 58.7. The average molecular weight is 1010 g/mol. The average Bonchev–Trinajstić information content (AvgIpc) is 3.78. The van der Waals surface area contributed by atoms with Crippen LogP contribution in [0.25, 0.3) is 0 Å². The summed E-state index contributed by atoms with van der Waals surface area (Å²) in [6.45, 7) is 10.9. The molecule has 2 rings (SSSR count). The smallest absolute Gasteiger partial charge is 0.325 e. The minimum atomic E-state index is -1.86. The lowest BCUT2D eigenvalue weighted by Crippen LogP contribution is -2.62. The number of phenolic OH excluding ortho intramolecular Hbond substituents is 1. The molecule has 1 aliphatic heterocycles. The summed E-state index contributed by atoms with van der Waals surface area (Å²) in [6.07, 6.45) is -2.17. The number of carbonyl (C=O) groups excluding carboxylic acids is 10. The molecule has 396 valence electrons. The van der Waals surface area contributed by atoms with Gasteiger partial charge in [-0.3, -0.25) is 52.7 Å². The molecule has 0 bridgehead atoms. The van der Waals surface area contributed by atoms with E-state index in [1.807, 2.05) is 13.8 Å². The van der Waals surface area contributed by atoms with E-state index in [4.69, 9.17) is 16.6 Å². The van der Waals surface area contributed by atoms with Gasteiger partial charge >= 0.3 is 5.97 Å². The molecule has 10 amide bonds. The van der Waals surface area contributed by atoms with E-state index in [1.165, 1.54) is 45.0 Å². The number of nitrogens with two attached hydrogens (primary N) is 2. The number of aliphatic hydroxyl groups excluding tert-OH is 2. The van der Waals surface area contributed by atoms with Gasteiger partial charge in [0, 0.05) is 13.0 Å². The molecule has 1 heterocycles. The summed E-state index contributed by atoms with van der Waals surface area (Å²) >= 11 is 0. The summed E-state index contributed by atoms with van der Waals surface area (Å²) in [6, 6.07) is -8.46. The largest absolute Gasteiger partial charge is 0.508 e. The highest BCUT2D eigenvalue weighted by Gasteiger charge is 2.41. The van der Waals surface area contributed by atoms with Crippen molar-refractivity contribution >= 4 is 65.0 Å².